The molecule has 5 aromatic rings. The Labute approximate surface area is 432 Å². The topological polar surface area (TPSA) is 188 Å². The number of halogens is 2. The summed E-state index contributed by atoms with van der Waals surface area (Å²) >= 11 is 13.2. The molecule has 384 valence electrons. The van der Waals surface area contributed by atoms with Gasteiger partial charge in [0.25, 0.3) is 0 Å². The third kappa shape index (κ3) is 12.3. The maximum absolute atomic E-state index is 14.3. The Morgan fingerprint density at radius 1 is 0.736 bits per heavy atom. The summed E-state index contributed by atoms with van der Waals surface area (Å²) in [5, 5.41) is 13.4. The van der Waals surface area contributed by atoms with Crippen LogP contribution in [0.2, 0.25) is 0 Å². The van der Waals surface area contributed by atoms with Crippen LogP contribution in [0.5, 0.6) is 11.5 Å². The Bertz CT molecular complexity index is 2720. The van der Waals surface area contributed by atoms with Crippen LogP contribution in [-0.2, 0) is 16.2 Å². The van der Waals surface area contributed by atoms with Crippen molar-refractivity contribution in [1.29, 1.82) is 0 Å². The highest BCUT2D eigenvalue weighted by atomic mass is 35.5. The van der Waals surface area contributed by atoms with E-state index in [2.05, 4.69) is 40.8 Å². The van der Waals surface area contributed by atoms with Gasteiger partial charge in [-0.2, -0.15) is 0 Å². The number of hydrogen-bond acceptors (Lipinski definition) is 10. The maximum Gasteiger partial charge on any atom is 0.415 e. The number of nitrogens with two attached hydrogens (primary N) is 2. The Morgan fingerprint density at radius 2 is 1.29 bits per heavy atom. The van der Waals surface area contributed by atoms with E-state index in [1.54, 1.807) is 14.7 Å². The molecule has 8 rings (SSSR count). The normalized spacial score (nSPS) is 17.5. The number of likely N-dealkylation sites (N-methyl/N-ethyl adjacent to an activating group) is 1. The number of ether oxygens (including phenoxy) is 2. The van der Waals surface area contributed by atoms with Gasteiger partial charge in [0, 0.05) is 136 Å². The van der Waals surface area contributed by atoms with Crippen molar-refractivity contribution in [2.45, 2.75) is 76.5 Å². The lowest BCUT2D eigenvalue weighted by Gasteiger charge is -2.31. The number of anilines is 3. The van der Waals surface area contributed by atoms with Gasteiger partial charge in [0.15, 0.2) is 0 Å². The van der Waals surface area contributed by atoms with Crippen molar-refractivity contribution in [3.8, 4) is 11.5 Å². The van der Waals surface area contributed by atoms with E-state index in [4.69, 9.17) is 44.1 Å². The van der Waals surface area contributed by atoms with E-state index in [0.29, 0.717) is 93.7 Å². The molecule has 5 aromatic carbocycles. The van der Waals surface area contributed by atoms with Crippen LogP contribution in [-0.4, -0.2) is 124 Å². The third-order valence-electron chi connectivity index (χ3n) is 14.4. The van der Waals surface area contributed by atoms with Gasteiger partial charge < -0.3 is 56.5 Å². The van der Waals surface area contributed by atoms with Crippen LogP contribution in [0.15, 0.2) is 84.9 Å². The predicted molar refractivity (Wildman–Crippen MR) is 289 cm³/mol. The molecule has 0 spiro atoms. The highest BCUT2D eigenvalue weighted by molar-refractivity contribution is 6.19. The largest absolute Gasteiger partial charge is 0.488 e. The Morgan fingerprint density at radius 3 is 1.85 bits per heavy atom. The quantitative estimate of drug-likeness (QED) is 0.0353. The van der Waals surface area contributed by atoms with E-state index in [1.165, 1.54) is 0 Å². The van der Waals surface area contributed by atoms with E-state index in [0.717, 1.165) is 75.5 Å². The molecular weight excluding hydrogens is 954 g/mol. The minimum Gasteiger partial charge on any atom is -0.488 e. The lowest BCUT2D eigenvalue weighted by atomic mass is 9.95. The van der Waals surface area contributed by atoms with Gasteiger partial charge in [0.05, 0.1) is 11.4 Å². The summed E-state index contributed by atoms with van der Waals surface area (Å²) < 4.78 is 12.7. The molecule has 0 radical (unpaired) electrons. The minimum absolute atomic E-state index is 0.0307. The molecule has 15 nitrogen and oxygen atoms in total. The lowest BCUT2D eigenvalue weighted by Crippen LogP contribution is -2.48. The summed E-state index contributed by atoms with van der Waals surface area (Å²) in [7, 11) is 2.03. The molecule has 4 atom stereocenters. The molecule has 17 heteroatoms. The van der Waals surface area contributed by atoms with Crippen molar-refractivity contribution in [1.82, 2.24) is 20.4 Å². The molecule has 0 bridgehead atoms. The Kier molecular flexibility index (Phi) is 17.7. The highest BCUT2D eigenvalue weighted by Crippen LogP contribution is 2.48. The first-order chi connectivity index (χ1) is 34.8. The molecule has 7 N–H and O–H groups in total. The van der Waals surface area contributed by atoms with Gasteiger partial charge in [0.2, 0.25) is 11.8 Å². The molecule has 1 fully saturated rings. The number of nitrogens with zero attached hydrogens (tertiary/aromatic N) is 4. The standard InChI is InChI=1S/C55H69Cl2N9O6/c1-35(2)45(58)31-62-40(10-9-21-60-54(59)69)30-61-39-19-17-36(18-20-39)34-71-48-26-46-52(43-13-6-4-11-41(43)48)37(28-56)32-65(46)50(67)15-8-16-51(68)66-33-38(29-57)53-44-14-7-5-12-42(44)49(27-47(53)66)72-55(70)64-24-22-63(3)23-25-64/h4-7,11-14,17-20,26-27,35,37-38,40,45,61-62H,8-10,15-16,21-25,28-34,58H2,1-3H3,(H3,59,60,69)/t37-,38-,40+,45-/m1/s1. The van der Waals surface area contributed by atoms with Gasteiger partial charge in [-0.3, -0.25) is 9.59 Å². The molecular formula is C55H69Cl2N9O6. The number of fused-ring (bicyclic) bond motifs is 6. The zero-order chi connectivity index (χ0) is 50.9. The van der Waals surface area contributed by atoms with Crippen LogP contribution in [0.25, 0.3) is 21.5 Å². The molecule has 3 aliphatic heterocycles. The van der Waals surface area contributed by atoms with Gasteiger partial charge >= 0.3 is 12.1 Å². The van der Waals surface area contributed by atoms with Crippen molar-refractivity contribution in [2.75, 3.05) is 92.8 Å². The second kappa shape index (κ2) is 24.3. The van der Waals surface area contributed by atoms with Gasteiger partial charge in [-0.05, 0) is 71.8 Å². The molecule has 3 heterocycles. The van der Waals surface area contributed by atoms with Gasteiger partial charge in [-0.1, -0.05) is 74.5 Å². The molecule has 0 aliphatic carbocycles. The number of nitrogens with one attached hydrogen (secondary N) is 3. The van der Waals surface area contributed by atoms with Crippen LogP contribution in [0.1, 0.15) is 74.5 Å². The van der Waals surface area contributed by atoms with E-state index >= 15 is 0 Å². The first-order valence-electron chi connectivity index (χ1n) is 25.3. The van der Waals surface area contributed by atoms with E-state index in [1.807, 2.05) is 85.9 Å². The molecule has 3 aliphatic rings. The molecule has 5 amide bonds. The Hall–Kier alpha value is -5.84. The second-order valence-corrected chi connectivity index (χ2v) is 20.4. The fourth-order valence-corrected chi connectivity index (χ4v) is 10.6. The predicted octanol–water partition coefficient (Wildman–Crippen LogP) is 8.33. The third-order valence-corrected chi connectivity index (χ3v) is 15.1. The number of urea groups is 1. The van der Waals surface area contributed by atoms with Crippen LogP contribution < -0.4 is 46.7 Å². The van der Waals surface area contributed by atoms with Crippen LogP contribution in [0, 0.1) is 5.92 Å². The average molecular weight is 1020 g/mol. The van der Waals surface area contributed by atoms with E-state index in [9.17, 15) is 19.2 Å². The minimum atomic E-state index is -0.524. The zero-order valence-corrected chi connectivity index (χ0v) is 43.2. The zero-order valence-electron chi connectivity index (χ0n) is 41.6. The first-order valence-corrected chi connectivity index (χ1v) is 26.4. The smallest absolute Gasteiger partial charge is 0.415 e. The van der Waals surface area contributed by atoms with E-state index < -0.39 is 12.1 Å². The molecule has 72 heavy (non-hydrogen) atoms. The number of carbonyl (C=O) groups excluding carboxylic acids is 4. The number of piperazine rings is 1. The van der Waals surface area contributed by atoms with Crippen molar-refractivity contribution in [2.24, 2.45) is 17.4 Å². The molecule has 0 aromatic heterocycles. The fraction of sp³-hybridized carbons (Fsp3) is 0.455. The van der Waals surface area contributed by atoms with Crippen LogP contribution >= 0.6 is 23.2 Å². The number of benzene rings is 5. The van der Waals surface area contributed by atoms with Gasteiger partial charge in [-0.15, -0.1) is 23.2 Å². The van der Waals surface area contributed by atoms with E-state index in [-0.39, 0.29) is 48.6 Å². The molecule has 1 saturated heterocycles. The summed E-state index contributed by atoms with van der Waals surface area (Å²) in [5.41, 5.74) is 17.0. The Balaban J connectivity index is 0.918. The fourth-order valence-electron chi connectivity index (χ4n) is 10.1. The highest BCUT2D eigenvalue weighted by Gasteiger charge is 2.37. The maximum atomic E-state index is 14.3. The number of amides is 5. The first kappa shape index (κ1) is 52.5. The van der Waals surface area contributed by atoms with Crippen molar-refractivity contribution < 1.29 is 28.7 Å². The average Bonchev–Trinajstić information content (AvgIpc) is 3.96. The summed E-state index contributed by atoms with van der Waals surface area (Å²) in [4.78, 5) is 60.5. The number of carbonyl (C=O) groups is 4. The number of rotatable bonds is 21. The van der Waals surface area contributed by atoms with Crippen molar-refractivity contribution in [3.63, 3.8) is 0 Å². The molecule has 0 saturated carbocycles. The summed E-state index contributed by atoms with van der Waals surface area (Å²) in [6.07, 6.45) is 1.83. The number of primary amides is 1. The van der Waals surface area contributed by atoms with Crippen LogP contribution in [0.4, 0.5) is 26.7 Å². The van der Waals surface area contributed by atoms with Crippen molar-refractivity contribution >= 4 is 85.7 Å². The van der Waals surface area contributed by atoms with Gasteiger partial charge in [-0.25, -0.2) is 9.59 Å². The van der Waals surface area contributed by atoms with Crippen molar-refractivity contribution in [3.05, 3.63) is 102 Å². The second-order valence-electron chi connectivity index (χ2n) is 19.7. The molecule has 0 unspecified atom stereocenters. The van der Waals surface area contributed by atoms with Gasteiger partial charge in [0.1, 0.15) is 18.1 Å². The number of hydrogen-bond donors (Lipinski definition) is 5. The summed E-state index contributed by atoms with van der Waals surface area (Å²) in [6, 6.07) is 27.4. The lowest BCUT2D eigenvalue weighted by molar-refractivity contribution is -0.119. The summed E-state index contributed by atoms with van der Waals surface area (Å²) in [5.74, 6) is 1.67. The van der Waals surface area contributed by atoms with Crippen LogP contribution in [0.3, 0.4) is 0 Å². The monoisotopic (exact) mass is 1020 g/mol. The summed E-state index contributed by atoms with van der Waals surface area (Å²) in [6.45, 7) is 9.89. The number of alkyl halides is 2. The SMILES string of the molecule is CC(C)[C@H](N)CN[C@@H](CCCNC(N)=O)CNc1ccc(COc2cc3c(c4ccccc24)[C@H](CCl)CN3C(=O)CCCC(=O)N2C[C@@H](CCl)c3c2cc(OC(=O)N2CCN(C)CC2)c2ccccc32)cc1.